The molecular weight excluding hydrogens is 250 g/mol. The van der Waals surface area contributed by atoms with E-state index in [4.69, 9.17) is 16.3 Å². The lowest BCUT2D eigenvalue weighted by Crippen LogP contribution is -2.35. The molecule has 0 amide bonds. The summed E-state index contributed by atoms with van der Waals surface area (Å²) in [4.78, 5) is 4.31. The van der Waals surface area contributed by atoms with E-state index in [1.165, 1.54) is 0 Å². The number of nitrogens with zero attached hydrogens (tertiary/aromatic N) is 1. The summed E-state index contributed by atoms with van der Waals surface area (Å²) in [5, 5.41) is 7.16. The number of anilines is 1. The number of aromatic nitrogens is 1. The first-order valence-corrected chi connectivity index (χ1v) is 6.42. The van der Waals surface area contributed by atoms with E-state index >= 15 is 0 Å². The van der Waals surface area contributed by atoms with Gasteiger partial charge in [-0.25, -0.2) is 4.98 Å². The second kappa shape index (κ2) is 6.92. The second-order valence-corrected chi connectivity index (χ2v) is 5.60. The number of halogens is 1. The third-order valence-corrected chi connectivity index (χ3v) is 2.61. The Kier molecular flexibility index (Phi) is 5.85. The standard InChI is InChI=1S/C13H22ClN3O/c1-13(2,3)17-9-10-7-11(14)12(16-8-10)15-5-6-18-4/h7-8,17H,5-6,9H2,1-4H3,(H,15,16). The van der Waals surface area contributed by atoms with Gasteiger partial charge in [0, 0.05) is 31.9 Å². The van der Waals surface area contributed by atoms with E-state index in [0.29, 0.717) is 24.0 Å². The summed E-state index contributed by atoms with van der Waals surface area (Å²) in [6.07, 6.45) is 1.83. The molecular formula is C13H22ClN3O. The van der Waals surface area contributed by atoms with Gasteiger partial charge in [-0.05, 0) is 32.4 Å². The third kappa shape index (κ3) is 5.67. The minimum Gasteiger partial charge on any atom is -0.383 e. The van der Waals surface area contributed by atoms with Gasteiger partial charge in [-0.2, -0.15) is 0 Å². The maximum atomic E-state index is 6.16. The number of methoxy groups -OCH3 is 1. The molecule has 0 saturated carbocycles. The zero-order chi connectivity index (χ0) is 13.6. The predicted octanol–water partition coefficient (Wildman–Crippen LogP) is 2.68. The van der Waals surface area contributed by atoms with Crippen molar-refractivity contribution in [1.82, 2.24) is 10.3 Å². The summed E-state index contributed by atoms with van der Waals surface area (Å²) in [6.45, 7) is 8.47. The highest BCUT2D eigenvalue weighted by molar-refractivity contribution is 6.32. The van der Waals surface area contributed by atoms with Crippen molar-refractivity contribution >= 4 is 17.4 Å². The quantitative estimate of drug-likeness (QED) is 0.781. The molecule has 18 heavy (non-hydrogen) atoms. The van der Waals surface area contributed by atoms with E-state index in [0.717, 1.165) is 12.1 Å². The molecule has 0 saturated heterocycles. The molecule has 0 aromatic carbocycles. The van der Waals surface area contributed by atoms with Crippen molar-refractivity contribution in [3.63, 3.8) is 0 Å². The van der Waals surface area contributed by atoms with Crippen LogP contribution in [-0.2, 0) is 11.3 Å². The van der Waals surface area contributed by atoms with E-state index in [1.807, 2.05) is 12.3 Å². The zero-order valence-corrected chi connectivity index (χ0v) is 12.3. The van der Waals surface area contributed by atoms with Gasteiger partial charge in [0.15, 0.2) is 0 Å². The highest BCUT2D eigenvalue weighted by Crippen LogP contribution is 2.20. The highest BCUT2D eigenvalue weighted by Gasteiger charge is 2.09. The van der Waals surface area contributed by atoms with E-state index in [-0.39, 0.29) is 5.54 Å². The Morgan fingerprint density at radius 1 is 1.39 bits per heavy atom. The van der Waals surface area contributed by atoms with Crippen molar-refractivity contribution in [2.45, 2.75) is 32.9 Å². The lowest BCUT2D eigenvalue weighted by molar-refractivity contribution is 0.210. The predicted molar refractivity (Wildman–Crippen MR) is 76.2 cm³/mol. The van der Waals surface area contributed by atoms with E-state index in [9.17, 15) is 0 Å². The molecule has 0 fully saturated rings. The zero-order valence-electron chi connectivity index (χ0n) is 11.5. The van der Waals surface area contributed by atoms with Gasteiger partial charge >= 0.3 is 0 Å². The van der Waals surface area contributed by atoms with Crippen LogP contribution in [0.25, 0.3) is 0 Å². The van der Waals surface area contributed by atoms with Gasteiger partial charge in [0.1, 0.15) is 5.82 Å². The van der Waals surface area contributed by atoms with Crippen molar-refractivity contribution in [2.75, 3.05) is 25.6 Å². The molecule has 0 bridgehead atoms. The maximum absolute atomic E-state index is 6.16. The Balaban J connectivity index is 2.56. The van der Waals surface area contributed by atoms with Crippen molar-refractivity contribution in [3.05, 3.63) is 22.8 Å². The van der Waals surface area contributed by atoms with Gasteiger partial charge in [0.2, 0.25) is 0 Å². The van der Waals surface area contributed by atoms with Crippen LogP contribution in [-0.4, -0.2) is 30.8 Å². The normalized spacial score (nSPS) is 11.6. The van der Waals surface area contributed by atoms with Crippen LogP contribution in [0.3, 0.4) is 0 Å². The average molecular weight is 272 g/mol. The molecule has 1 aromatic rings. The van der Waals surface area contributed by atoms with Crippen LogP contribution in [0.15, 0.2) is 12.3 Å². The Labute approximate surface area is 114 Å². The van der Waals surface area contributed by atoms with Crippen molar-refractivity contribution in [3.8, 4) is 0 Å². The molecule has 0 aliphatic heterocycles. The molecule has 0 aliphatic carbocycles. The lowest BCUT2D eigenvalue weighted by atomic mass is 10.1. The molecule has 102 valence electrons. The number of hydrogen-bond donors (Lipinski definition) is 2. The Hall–Kier alpha value is -0.840. The van der Waals surface area contributed by atoms with E-state index in [2.05, 4.69) is 36.4 Å². The minimum atomic E-state index is 0.0852. The summed E-state index contributed by atoms with van der Waals surface area (Å²) in [6, 6.07) is 1.93. The molecule has 4 nitrogen and oxygen atoms in total. The number of nitrogens with one attached hydrogen (secondary N) is 2. The fraction of sp³-hybridized carbons (Fsp3) is 0.615. The second-order valence-electron chi connectivity index (χ2n) is 5.20. The molecule has 5 heteroatoms. The highest BCUT2D eigenvalue weighted by atomic mass is 35.5. The van der Waals surface area contributed by atoms with E-state index in [1.54, 1.807) is 7.11 Å². The summed E-state index contributed by atoms with van der Waals surface area (Å²) in [5.41, 5.74) is 1.16. The minimum absolute atomic E-state index is 0.0852. The van der Waals surface area contributed by atoms with Crippen LogP contribution in [0.1, 0.15) is 26.3 Å². The van der Waals surface area contributed by atoms with Crippen LogP contribution < -0.4 is 10.6 Å². The monoisotopic (exact) mass is 271 g/mol. The topological polar surface area (TPSA) is 46.2 Å². The fourth-order valence-electron chi connectivity index (χ4n) is 1.34. The Morgan fingerprint density at radius 2 is 2.11 bits per heavy atom. The molecule has 1 heterocycles. The summed E-state index contributed by atoms with van der Waals surface area (Å²) < 4.78 is 4.96. The van der Waals surface area contributed by atoms with Crippen LogP contribution in [0.2, 0.25) is 5.02 Å². The summed E-state index contributed by atoms with van der Waals surface area (Å²) in [7, 11) is 1.66. The van der Waals surface area contributed by atoms with Crippen molar-refractivity contribution in [2.24, 2.45) is 0 Å². The molecule has 0 unspecified atom stereocenters. The number of hydrogen-bond acceptors (Lipinski definition) is 4. The first-order valence-electron chi connectivity index (χ1n) is 6.04. The summed E-state index contributed by atoms with van der Waals surface area (Å²) in [5.74, 6) is 0.702. The Bertz CT molecular complexity index is 377. The number of rotatable bonds is 6. The summed E-state index contributed by atoms with van der Waals surface area (Å²) >= 11 is 6.16. The maximum Gasteiger partial charge on any atom is 0.144 e. The molecule has 1 rings (SSSR count). The van der Waals surface area contributed by atoms with E-state index < -0.39 is 0 Å². The van der Waals surface area contributed by atoms with Crippen LogP contribution in [0, 0.1) is 0 Å². The molecule has 0 spiro atoms. The number of ether oxygens (including phenoxy) is 1. The molecule has 1 aromatic heterocycles. The van der Waals surface area contributed by atoms with Crippen molar-refractivity contribution in [1.29, 1.82) is 0 Å². The molecule has 2 N–H and O–H groups in total. The van der Waals surface area contributed by atoms with Gasteiger partial charge in [-0.3, -0.25) is 0 Å². The third-order valence-electron chi connectivity index (χ3n) is 2.32. The van der Waals surface area contributed by atoms with Gasteiger partial charge in [-0.15, -0.1) is 0 Å². The average Bonchev–Trinajstić information content (AvgIpc) is 2.28. The lowest BCUT2D eigenvalue weighted by Gasteiger charge is -2.20. The van der Waals surface area contributed by atoms with Crippen LogP contribution in [0.5, 0.6) is 0 Å². The van der Waals surface area contributed by atoms with Gasteiger partial charge < -0.3 is 15.4 Å². The van der Waals surface area contributed by atoms with Crippen molar-refractivity contribution < 1.29 is 4.74 Å². The molecule has 0 radical (unpaired) electrons. The van der Waals surface area contributed by atoms with Gasteiger partial charge in [0.25, 0.3) is 0 Å². The number of pyridine rings is 1. The van der Waals surface area contributed by atoms with Gasteiger partial charge in [0.05, 0.1) is 11.6 Å². The Morgan fingerprint density at radius 3 is 2.67 bits per heavy atom. The fourth-order valence-corrected chi connectivity index (χ4v) is 1.60. The first kappa shape index (κ1) is 15.2. The molecule has 0 aliphatic rings. The molecule has 0 atom stereocenters. The largest absolute Gasteiger partial charge is 0.383 e. The van der Waals surface area contributed by atoms with Crippen LogP contribution in [0.4, 0.5) is 5.82 Å². The first-order chi connectivity index (χ1) is 8.42. The smallest absolute Gasteiger partial charge is 0.144 e. The van der Waals surface area contributed by atoms with Crippen LogP contribution >= 0.6 is 11.6 Å². The van der Waals surface area contributed by atoms with Gasteiger partial charge in [-0.1, -0.05) is 11.6 Å². The SMILES string of the molecule is COCCNc1ncc(CNC(C)(C)C)cc1Cl.